The van der Waals surface area contributed by atoms with Gasteiger partial charge in [-0.1, -0.05) is 41.0 Å². The molecule has 1 heterocycles. The first-order valence-corrected chi connectivity index (χ1v) is 6.81. The summed E-state index contributed by atoms with van der Waals surface area (Å²) in [5, 5.41) is 9.28. The Balaban J connectivity index is 2.16. The largest absolute Gasteiger partial charge is 0.298 e. The number of thioether (sulfide) groups is 1. The molecule has 0 saturated carbocycles. The highest BCUT2D eigenvalue weighted by molar-refractivity contribution is 7.98. The van der Waals surface area contributed by atoms with Crippen LogP contribution in [0.5, 0.6) is 0 Å². The van der Waals surface area contributed by atoms with Crippen LogP contribution in [0, 0.1) is 6.92 Å². The fourth-order valence-corrected chi connectivity index (χ4v) is 2.80. The van der Waals surface area contributed by atoms with E-state index in [2.05, 4.69) is 15.2 Å². The number of rotatable bonds is 3. The molecule has 94 valence electrons. The molecule has 0 aliphatic heterocycles. The highest BCUT2D eigenvalue weighted by Gasteiger charge is 2.07. The van der Waals surface area contributed by atoms with E-state index in [-0.39, 0.29) is 5.56 Å². The third-order valence-electron chi connectivity index (χ3n) is 2.25. The second-order valence-corrected chi connectivity index (χ2v) is 5.31. The van der Waals surface area contributed by atoms with Gasteiger partial charge in [0.1, 0.15) is 5.69 Å². The highest BCUT2D eigenvalue weighted by atomic mass is 35.5. The molecule has 0 spiro atoms. The van der Waals surface area contributed by atoms with Gasteiger partial charge >= 0.3 is 0 Å². The quantitative estimate of drug-likeness (QED) is 0.885. The molecule has 2 aromatic rings. The molecular weight excluding hydrogens is 293 g/mol. The minimum absolute atomic E-state index is 0.238. The summed E-state index contributed by atoms with van der Waals surface area (Å²) in [4.78, 5) is 14.0. The van der Waals surface area contributed by atoms with Gasteiger partial charge in [-0.25, -0.2) is 0 Å². The molecule has 1 aromatic heterocycles. The maximum atomic E-state index is 11.4. The van der Waals surface area contributed by atoms with Crippen molar-refractivity contribution in [2.75, 3.05) is 0 Å². The number of aryl methyl sites for hydroxylation is 1. The summed E-state index contributed by atoms with van der Waals surface area (Å²) in [5.41, 5.74) is 0.918. The van der Waals surface area contributed by atoms with Gasteiger partial charge in [-0.2, -0.15) is 0 Å². The molecule has 0 radical (unpaired) electrons. The Labute approximate surface area is 118 Å². The number of hydrogen-bond acceptors (Lipinski definition) is 4. The summed E-state index contributed by atoms with van der Waals surface area (Å²) >= 11 is 13.4. The molecule has 0 saturated heterocycles. The Morgan fingerprint density at radius 2 is 1.94 bits per heavy atom. The van der Waals surface area contributed by atoms with E-state index in [1.165, 1.54) is 11.8 Å². The summed E-state index contributed by atoms with van der Waals surface area (Å²) in [6, 6.07) is 5.33. The van der Waals surface area contributed by atoms with Crippen molar-refractivity contribution in [2.45, 2.75) is 17.8 Å². The second kappa shape index (κ2) is 5.73. The number of H-pyrrole nitrogens is 1. The lowest BCUT2D eigenvalue weighted by Crippen LogP contribution is -2.14. The number of nitrogens with zero attached hydrogens (tertiary/aromatic N) is 2. The fourth-order valence-electron chi connectivity index (χ4n) is 1.25. The zero-order chi connectivity index (χ0) is 13.1. The molecule has 4 nitrogen and oxygen atoms in total. The van der Waals surface area contributed by atoms with Gasteiger partial charge in [0.2, 0.25) is 0 Å². The zero-order valence-corrected chi connectivity index (χ0v) is 11.7. The van der Waals surface area contributed by atoms with Gasteiger partial charge in [-0.05, 0) is 24.6 Å². The highest BCUT2D eigenvalue weighted by Crippen LogP contribution is 2.29. The van der Waals surface area contributed by atoms with E-state index in [4.69, 9.17) is 23.2 Å². The van der Waals surface area contributed by atoms with E-state index >= 15 is 0 Å². The van der Waals surface area contributed by atoms with Crippen LogP contribution in [-0.4, -0.2) is 15.2 Å². The second-order valence-electron chi connectivity index (χ2n) is 3.53. The molecule has 18 heavy (non-hydrogen) atoms. The smallest absolute Gasteiger partial charge is 0.273 e. The van der Waals surface area contributed by atoms with E-state index in [0.29, 0.717) is 26.6 Å². The number of halogens is 2. The van der Waals surface area contributed by atoms with Crippen LogP contribution in [0.2, 0.25) is 10.0 Å². The fraction of sp³-hybridized carbons (Fsp3) is 0.182. The first kappa shape index (κ1) is 13.4. The van der Waals surface area contributed by atoms with E-state index < -0.39 is 0 Å². The summed E-state index contributed by atoms with van der Waals surface area (Å²) in [5.74, 6) is 0.520. The molecule has 0 amide bonds. The minimum atomic E-state index is -0.238. The van der Waals surface area contributed by atoms with E-state index in [1.807, 2.05) is 0 Å². The number of nitrogens with one attached hydrogen (secondary N) is 1. The van der Waals surface area contributed by atoms with Gasteiger partial charge in [0.15, 0.2) is 5.16 Å². The van der Waals surface area contributed by atoms with Crippen LogP contribution >= 0.6 is 35.0 Å². The molecule has 1 aromatic carbocycles. The lowest BCUT2D eigenvalue weighted by Gasteiger charge is -2.05. The van der Waals surface area contributed by atoms with Gasteiger partial charge in [0.25, 0.3) is 5.56 Å². The predicted octanol–water partition coefficient (Wildman–Crippen LogP) is 3.07. The van der Waals surface area contributed by atoms with Crippen molar-refractivity contribution in [2.24, 2.45) is 0 Å². The summed E-state index contributed by atoms with van der Waals surface area (Å²) < 4.78 is 0. The Bertz CT molecular complexity index is 610. The summed E-state index contributed by atoms with van der Waals surface area (Å²) in [6.45, 7) is 1.60. The number of aromatic amines is 1. The first-order valence-electron chi connectivity index (χ1n) is 5.07. The van der Waals surface area contributed by atoms with E-state index in [9.17, 15) is 4.79 Å². The van der Waals surface area contributed by atoms with Crippen LogP contribution in [0.1, 0.15) is 11.3 Å². The van der Waals surface area contributed by atoms with Crippen LogP contribution < -0.4 is 5.56 Å². The van der Waals surface area contributed by atoms with Crippen molar-refractivity contribution >= 4 is 35.0 Å². The standard InChI is InChI=1S/C11H9Cl2N3OS/c1-6-10(17)14-11(16-15-6)18-5-7-8(12)3-2-4-9(7)13/h2-4H,5H2,1H3,(H,14,16,17). The van der Waals surface area contributed by atoms with Gasteiger partial charge in [0, 0.05) is 15.8 Å². The van der Waals surface area contributed by atoms with Crippen LogP contribution in [0.25, 0.3) is 0 Å². The van der Waals surface area contributed by atoms with Crippen molar-refractivity contribution in [1.82, 2.24) is 15.2 Å². The molecular formula is C11H9Cl2N3OS. The maximum Gasteiger partial charge on any atom is 0.273 e. The number of aromatic nitrogens is 3. The molecule has 0 atom stereocenters. The molecule has 7 heteroatoms. The van der Waals surface area contributed by atoms with Gasteiger partial charge < -0.3 is 0 Å². The maximum absolute atomic E-state index is 11.4. The summed E-state index contributed by atoms with van der Waals surface area (Å²) in [7, 11) is 0. The molecule has 0 fully saturated rings. The van der Waals surface area contributed by atoms with Gasteiger partial charge in [-0.3, -0.25) is 9.78 Å². The lowest BCUT2D eigenvalue weighted by molar-refractivity contribution is 0.790. The molecule has 0 aliphatic carbocycles. The number of benzene rings is 1. The average Bonchev–Trinajstić information content (AvgIpc) is 2.33. The molecule has 2 rings (SSSR count). The van der Waals surface area contributed by atoms with Crippen LogP contribution in [0.4, 0.5) is 0 Å². The summed E-state index contributed by atoms with van der Waals surface area (Å²) in [6.07, 6.45) is 0. The monoisotopic (exact) mass is 301 g/mol. The Morgan fingerprint density at radius 3 is 2.56 bits per heavy atom. The van der Waals surface area contributed by atoms with Crippen molar-refractivity contribution in [3.8, 4) is 0 Å². The number of hydrogen-bond donors (Lipinski definition) is 1. The van der Waals surface area contributed by atoms with Crippen LogP contribution in [0.15, 0.2) is 28.2 Å². The SMILES string of the molecule is Cc1nnc(SCc2c(Cl)cccc2Cl)[nH]c1=O. The van der Waals surface area contributed by atoms with Crippen molar-refractivity contribution in [3.05, 3.63) is 49.9 Å². The Kier molecular flexibility index (Phi) is 4.27. The topological polar surface area (TPSA) is 58.6 Å². The molecule has 0 unspecified atom stereocenters. The third kappa shape index (κ3) is 3.04. The van der Waals surface area contributed by atoms with Crippen molar-refractivity contribution in [1.29, 1.82) is 0 Å². The predicted molar refractivity (Wildman–Crippen MR) is 73.4 cm³/mol. The third-order valence-corrected chi connectivity index (χ3v) is 3.85. The normalized spacial score (nSPS) is 10.6. The van der Waals surface area contributed by atoms with Gasteiger partial charge in [-0.15, -0.1) is 10.2 Å². The van der Waals surface area contributed by atoms with Gasteiger partial charge in [0.05, 0.1) is 0 Å². The van der Waals surface area contributed by atoms with Crippen LogP contribution in [-0.2, 0) is 5.75 Å². The molecule has 0 bridgehead atoms. The first-order chi connectivity index (χ1) is 8.58. The van der Waals surface area contributed by atoms with Crippen molar-refractivity contribution in [3.63, 3.8) is 0 Å². The zero-order valence-electron chi connectivity index (χ0n) is 9.41. The van der Waals surface area contributed by atoms with Crippen molar-refractivity contribution < 1.29 is 0 Å². The lowest BCUT2D eigenvalue weighted by atomic mass is 10.2. The van der Waals surface area contributed by atoms with Crippen LogP contribution in [0.3, 0.4) is 0 Å². The Morgan fingerprint density at radius 1 is 1.28 bits per heavy atom. The molecule has 1 N–H and O–H groups in total. The molecule has 0 aliphatic rings. The minimum Gasteiger partial charge on any atom is -0.298 e. The van der Waals surface area contributed by atoms with E-state index in [0.717, 1.165) is 5.56 Å². The van der Waals surface area contributed by atoms with E-state index in [1.54, 1.807) is 25.1 Å². The Hall–Kier alpha value is -1.04. The average molecular weight is 302 g/mol.